The van der Waals surface area contributed by atoms with Gasteiger partial charge in [-0.3, -0.25) is 0 Å². The SMILES string of the molecule is CC(C)CCC[C@@H](C)[C@H]1CC[C@H]2[C@@H]3CC=C4C/C(=N\O)CC[C@]4(C)[C@H]3CC[C@]12C. The lowest BCUT2D eigenvalue weighted by atomic mass is 9.47. The summed E-state index contributed by atoms with van der Waals surface area (Å²) < 4.78 is 0. The summed E-state index contributed by atoms with van der Waals surface area (Å²) in [7, 11) is 0. The third-order valence-corrected chi connectivity index (χ3v) is 10.3. The van der Waals surface area contributed by atoms with E-state index in [4.69, 9.17) is 0 Å². The topological polar surface area (TPSA) is 32.6 Å². The maximum atomic E-state index is 9.29. The molecule has 7 atom stereocenters. The summed E-state index contributed by atoms with van der Waals surface area (Å²) >= 11 is 0. The number of rotatable bonds is 5. The minimum Gasteiger partial charge on any atom is -0.411 e. The molecule has 2 nitrogen and oxygen atoms in total. The Morgan fingerprint density at radius 1 is 1.07 bits per heavy atom. The molecule has 1 N–H and O–H groups in total. The second kappa shape index (κ2) is 8.04. The molecule has 4 rings (SSSR count). The minimum atomic E-state index is 0.361. The van der Waals surface area contributed by atoms with E-state index in [0.29, 0.717) is 10.8 Å². The van der Waals surface area contributed by atoms with Gasteiger partial charge in [0.15, 0.2) is 0 Å². The maximum Gasteiger partial charge on any atom is 0.0611 e. The molecule has 3 saturated carbocycles. The summed E-state index contributed by atoms with van der Waals surface area (Å²) in [4.78, 5) is 0. The fourth-order valence-corrected chi connectivity index (χ4v) is 8.60. The second-order valence-electron chi connectivity index (χ2n) is 12.1. The Balaban J connectivity index is 1.50. The molecule has 4 aliphatic carbocycles. The molecule has 0 radical (unpaired) electrons. The van der Waals surface area contributed by atoms with Gasteiger partial charge in [-0.2, -0.15) is 0 Å². The molecule has 0 bridgehead atoms. The normalized spacial score (nSPS) is 44.2. The molecule has 0 aromatic carbocycles. The highest BCUT2D eigenvalue weighted by atomic mass is 16.4. The molecule has 4 aliphatic rings. The highest BCUT2D eigenvalue weighted by Crippen LogP contribution is 2.67. The van der Waals surface area contributed by atoms with Gasteiger partial charge < -0.3 is 5.21 Å². The maximum absolute atomic E-state index is 9.29. The summed E-state index contributed by atoms with van der Waals surface area (Å²) in [5, 5.41) is 12.9. The molecule has 0 spiro atoms. The van der Waals surface area contributed by atoms with E-state index >= 15 is 0 Å². The van der Waals surface area contributed by atoms with Crippen molar-refractivity contribution in [1.82, 2.24) is 0 Å². The Morgan fingerprint density at radius 2 is 1.86 bits per heavy atom. The highest BCUT2D eigenvalue weighted by molar-refractivity contribution is 5.87. The van der Waals surface area contributed by atoms with E-state index < -0.39 is 0 Å². The standard InChI is InChI=1S/C27H45NO/c1-18(2)7-6-8-19(3)23-11-12-24-22-10-9-20-17-21(28-29)13-15-26(20,4)25(22)14-16-27(23,24)5/h9,18-19,22-25,29H,6-8,10-17H2,1-5H3/b28-21-/t19-,22+,23-,24+,25+,26+,27-/m1/s1. The first-order valence-electron chi connectivity index (χ1n) is 12.7. The molecule has 164 valence electrons. The summed E-state index contributed by atoms with van der Waals surface area (Å²) in [5.74, 6) is 5.36. The van der Waals surface area contributed by atoms with Crippen LogP contribution in [0.15, 0.2) is 16.8 Å². The van der Waals surface area contributed by atoms with Crippen LogP contribution >= 0.6 is 0 Å². The summed E-state index contributed by atoms with van der Waals surface area (Å²) in [6, 6.07) is 0. The van der Waals surface area contributed by atoms with Crippen LogP contribution in [0.1, 0.15) is 105 Å². The van der Waals surface area contributed by atoms with Gasteiger partial charge in [0.1, 0.15) is 0 Å². The number of oxime groups is 1. The van der Waals surface area contributed by atoms with Gasteiger partial charge in [-0.05, 0) is 91.3 Å². The van der Waals surface area contributed by atoms with E-state index in [1.54, 1.807) is 5.57 Å². The molecular formula is C27H45NO. The van der Waals surface area contributed by atoms with E-state index in [2.05, 4.69) is 45.9 Å². The number of allylic oxidation sites excluding steroid dienone is 2. The zero-order valence-corrected chi connectivity index (χ0v) is 19.7. The predicted octanol–water partition coefficient (Wildman–Crippen LogP) is 7.86. The van der Waals surface area contributed by atoms with Crippen molar-refractivity contribution >= 4 is 5.71 Å². The number of nitrogens with zero attached hydrogens (tertiary/aromatic N) is 1. The number of fused-ring (bicyclic) bond motifs is 5. The van der Waals surface area contributed by atoms with Gasteiger partial charge in [0.25, 0.3) is 0 Å². The summed E-state index contributed by atoms with van der Waals surface area (Å²) in [6.45, 7) is 12.5. The van der Waals surface area contributed by atoms with Crippen LogP contribution in [0.2, 0.25) is 0 Å². The predicted molar refractivity (Wildman–Crippen MR) is 122 cm³/mol. The van der Waals surface area contributed by atoms with Gasteiger partial charge in [0, 0.05) is 6.42 Å². The van der Waals surface area contributed by atoms with Crippen molar-refractivity contribution in [3.05, 3.63) is 11.6 Å². The molecular weight excluding hydrogens is 354 g/mol. The van der Waals surface area contributed by atoms with Gasteiger partial charge in [0.05, 0.1) is 5.71 Å². The summed E-state index contributed by atoms with van der Waals surface area (Å²) in [5.41, 5.74) is 3.54. The lowest BCUT2D eigenvalue weighted by Gasteiger charge is -2.58. The zero-order chi connectivity index (χ0) is 20.8. The van der Waals surface area contributed by atoms with E-state index in [-0.39, 0.29) is 0 Å². The molecule has 0 aromatic heterocycles. The number of hydrogen-bond acceptors (Lipinski definition) is 2. The van der Waals surface area contributed by atoms with E-state index in [9.17, 15) is 5.21 Å². The van der Waals surface area contributed by atoms with Crippen LogP contribution in [0.5, 0.6) is 0 Å². The average molecular weight is 400 g/mol. The van der Waals surface area contributed by atoms with Crippen molar-refractivity contribution in [1.29, 1.82) is 0 Å². The van der Waals surface area contributed by atoms with Crippen LogP contribution in [0.4, 0.5) is 0 Å². The third-order valence-electron chi connectivity index (χ3n) is 10.3. The van der Waals surface area contributed by atoms with Crippen LogP contribution in [-0.2, 0) is 0 Å². The Bertz CT molecular complexity index is 663. The minimum absolute atomic E-state index is 0.361. The fourth-order valence-electron chi connectivity index (χ4n) is 8.60. The van der Waals surface area contributed by atoms with Crippen molar-refractivity contribution in [3.8, 4) is 0 Å². The third kappa shape index (κ3) is 3.61. The van der Waals surface area contributed by atoms with Crippen molar-refractivity contribution in [2.24, 2.45) is 51.5 Å². The second-order valence-corrected chi connectivity index (χ2v) is 12.1. The quantitative estimate of drug-likeness (QED) is 0.285. The van der Waals surface area contributed by atoms with Crippen molar-refractivity contribution in [2.75, 3.05) is 0 Å². The molecule has 3 fully saturated rings. The first-order chi connectivity index (χ1) is 13.8. The first kappa shape index (κ1) is 21.4. The summed E-state index contributed by atoms with van der Waals surface area (Å²) in [6.07, 6.45) is 17.0. The Kier molecular flexibility index (Phi) is 5.95. The smallest absolute Gasteiger partial charge is 0.0611 e. The van der Waals surface area contributed by atoms with Crippen LogP contribution < -0.4 is 0 Å². The van der Waals surface area contributed by atoms with Gasteiger partial charge >= 0.3 is 0 Å². The van der Waals surface area contributed by atoms with Crippen LogP contribution in [0.25, 0.3) is 0 Å². The van der Waals surface area contributed by atoms with E-state index in [0.717, 1.165) is 54.1 Å². The van der Waals surface area contributed by atoms with Crippen molar-refractivity contribution in [2.45, 2.75) is 105 Å². The largest absolute Gasteiger partial charge is 0.411 e. The number of hydrogen-bond donors (Lipinski definition) is 1. The molecule has 0 saturated heterocycles. The van der Waals surface area contributed by atoms with E-state index in [1.807, 2.05) is 0 Å². The van der Waals surface area contributed by atoms with Crippen molar-refractivity contribution in [3.63, 3.8) is 0 Å². The molecule has 2 heteroatoms. The van der Waals surface area contributed by atoms with Gasteiger partial charge in [-0.25, -0.2) is 0 Å². The Morgan fingerprint density at radius 3 is 2.59 bits per heavy atom. The molecule has 0 amide bonds. The molecule has 29 heavy (non-hydrogen) atoms. The average Bonchev–Trinajstić information content (AvgIpc) is 3.04. The zero-order valence-electron chi connectivity index (χ0n) is 19.7. The highest BCUT2D eigenvalue weighted by Gasteiger charge is 2.58. The fraction of sp³-hybridized carbons (Fsp3) is 0.889. The van der Waals surface area contributed by atoms with Crippen LogP contribution in [0.3, 0.4) is 0 Å². The molecule has 0 heterocycles. The van der Waals surface area contributed by atoms with Crippen molar-refractivity contribution < 1.29 is 5.21 Å². The van der Waals surface area contributed by atoms with E-state index in [1.165, 1.54) is 57.8 Å². The molecule has 0 aromatic rings. The van der Waals surface area contributed by atoms with Gasteiger partial charge in [-0.15, -0.1) is 0 Å². The van der Waals surface area contributed by atoms with Gasteiger partial charge in [0.2, 0.25) is 0 Å². The monoisotopic (exact) mass is 399 g/mol. The lowest BCUT2D eigenvalue weighted by Crippen LogP contribution is -2.50. The Hall–Kier alpha value is -0.790. The molecule has 0 unspecified atom stereocenters. The van der Waals surface area contributed by atoms with Crippen LogP contribution in [0, 0.1) is 46.3 Å². The molecule has 0 aliphatic heterocycles. The lowest BCUT2D eigenvalue weighted by molar-refractivity contribution is -0.0469. The first-order valence-corrected chi connectivity index (χ1v) is 12.7. The Labute approximate surface area is 179 Å². The van der Waals surface area contributed by atoms with Gasteiger partial charge in [-0.1, -0.05) is 70.7 Å². The van der Waals surface area contributed by atoms with Crippen LogP contribution in [-0.4, -0.2) is 10.9 Å².